The molecule has 2 aliphatic rings. The van der Waals surface area contributed by atoms with E-state index in [1.54, 1.807) is 45.0 Å². The summed E-state index contributed by atoms with van der Waals surface area (Å²) in [6.45, 7) is 5.22. The van der Waals surface area contributed by atoms with Crippen LogP contribution < -0.4 is 5.32 Å². The highest BCUT2D eigenvalue weighted by molar-refractivity contribution is 6.30. The fourth-order valence-corrected chi connectivity index (χ4v) is 5.04. The Morgan fingerprint density at radius 3 is 2.30 bits per heavy atom. The number of nitrogens with zero attached hydrogens (tertiary/aromatic N) is 1. The molecular weight excluding hydrogens is 444 g/mol. The van der Waals surface area contributed by atoms with Crippen LogP contribution in [0.25, 0.3) is 0 Å². The molecule has 0 bridgehead atoms. The van der Waals surface area contributed by atoms with Gasteiger partial charge in [-0.15, -0.1) is 0 Å². The zero-order valence-corrected chi connectivity index (χ0v) is 19.5. The number of likely N-dealkylation sites (tertiary alicyclic amines) is 1. The maximum absolute atomic E-state index is 13.6. The number of rotatable bonds is 6. The third-order valence-electron chi connectivity index (χ3n) is 6.38. The first-order valence-corrected chi connectivity index (χ1v) is 11.2. The zero-order valence-electron chi connectivity index (χ0n) is 18.7. The molecule has 7 nitrogen and oxygen atoms in total. The van der Waals surface area contributed by atoms with Crippen molar-refractivity contribution < 1.29 is 24.2 Å². The number of carbonyl (C=O) groups excluding carboxylic acids is 2. The molecule has 8 heteroatoms. The Balaban J connectivity index is 1.73. The summed E-state index contributed by atoms with van der Waals surface area (Å²) in [6, 6.07) is 15.6. The second-order valence-corrected chi connectivity index (χ2v) is 10.1. The Morgan fingerprint density at radius 2 is 1.73 bits per heavy atom. The molecule has 2 saturated heterocycles. The highest BCUT2D eigenvalue weighted by Crippen LogP contribution is 2.50. The van der Waals surface area contributed by atoms with Gasteiger partial charge in [0, 0.05) is 16.6 Å². The van der Waals surface area contributed by atoms with Gasteiger partial charge in [-0.25, -0.2) is 0 Å². The van der Waals surface area contributed by atoms with Gasteiger partial charge in [-0.05, 0) is 44.0 Å². The van der Waals surface area contributed by atoms with Crippen molar-refractivity contribution in [2.45, 2.75) is 44.5 Å². The van der Waals surface area contributed by atoms with Crippen LogP contribution in [0, 0.1) is 11.8 Å². The second-order valence-electron chi connectivity index (χ2n) is 9.61. The molecule has 0 radical (unpaired) electrons. The van der Waals surface area contributed by atoms with E-state index >= 15 is 0 Å². The number of aliphatic carboxylic acids is 1. The van der Waals surface area contributed by atoms with E-state index in [4.69, 9.17) is 16.3 Å². The smallest absolute Gasteiger partial charge is 0.327 e. The molecule has 2 heterocycles. The maximum Gasteiger partial charge on any atom is 0.327 e. The quantitative estimate of drug-likeness (QED) is 0.628. The molecule has 2 fully saturated rings. The van der Waals surface area contributed by atoms with Crippen molar-refractivity contribution in [3.05, 3.63) is 70.7 Å². The molecule has 33 heavy (non-hydrogen) atoms. The summed E-state index contributed by atoms with van der Waals surface area (Å²) in [5, 5.41) is 14.0. The van der Waals surface area contributed by atoms with Crippen LogP contribution in [0.3, 0.4) is 0 Å². The lowest BCUT2D eigenvalue weighted by molar-refractivity contribution is -0.156. The van der Waals surface area contributed by atoms with E-state index in [1.807, 2.05) is 30.3 Å². The second kappa shape index (κ2) is 8.56. The summed E-state index contributed by atoms with van der Waals surface area (Å²) in [5.74, 6) is -4.06. The van der Waals surface area contributed by atoms with Crippen LogP contribution in [0.5, 0.6) is 0 Å². The number of amides is 2. The van der Waals surface area contributed by atoms with Gasteiger partial charge in [-0.1, -0.05) is 54.1 Å². The van der Waals surface area contributed by atoms with Crippen molar-refractivity contribution in [2.24, 2.45) is 11.8 Å². The largest absolute Gasteiger partial charge is 0.480 e. The topological polar surface area (TPSA) is 95.9 Å². The van der Waals surface area contributed by atoms with Crippen LogP contribution >= 0.6 is 11.6 Å². The number of hydrogen-bond acceptors (Lipinski definition) is 5. The summed E-state index contributed by atoms with van der Waals surface area (Å²) in [5.41, 5.74) is -0.959. The number of carboxylic acid groups (broad SMARTS) is 1. The molecule has 0 aromatic heterocycles. The monoisotopic (exact) mass is 470 g/mol. The number of fused-ring (bicyclic) bond motifs is 1. The summed E-state index contributed by atoms with van der Waals surface area (Å²) < 4.78 is 5.84. The minimum Gasteiger partial charge on any atom is -0.480 e. The number of nitrogens with one attached hydrogen (secondary N) is 1. The van der Waals surface area contributed by atoms with Crippen LogP contribution in [0.4, 0.5) is 0 Å². The third kappa shape index (κ3) is 4.05. The lowest BCUT2D eigenvalue weighted by Crippen LogP contribution is -2.60. The predicted octanol–water partition coefficient (Wildman–Crippen LogP) is 3.42. The van der Waals surface area contributed by atoms with Crippen molar-refractivity contribution in [3.8, 4) is 0 Å². The highest BCUT2D eigenvalue weighted by Gasteiger charge is 2.69. The van der Waals surface area contributed by atoms with Gasteiger partial charge in [0.2, 0.25) is 11.8 Å². The fraction of sp³-hybridized carbons (Fsp3) is 0.400. The van der Waals surface area contributed by atoms with Crippen molar-refractivity contribution in [1.29, 1.82) is 0 Å². The molecule has 0 aliphatic carbocycles. The van der Waals surface area contributed by atoms with Gasteiger partial charge in [0.15, 0.2) is 5.54 Å². The van der Waals surface area contributed by atoms with Crippen LogP contribution in [0.1, 0.15) is 37.9 Å². The molecule has 2 aromatic rings. The van der Waals surface area contributed by atoms with E-state index in [9.17, 15) is 19.5 Å². The summed E-state index contributed by atoms with van der Waals surface area (Å²) >= 11 is 6.03. The van der Waals surface area contributed by atoms with Gasteiger partial charge in [-0.3, -0.25) is 24.6 Å². The van der Waals surface area contributed by atoms with Crippen molar-refractivity contribution in [2.75, 3.05) is 6.61 Å². The first-order chi connectivity index (χ1) is 15.6. The minimum atomic E-state index is -1.75. The molecule has 174 valence electrons. The zero-order chi connectivity index (χ0) is 24.0. The molecule has 2 aromatic carbocycles. The number of hydrogen-bond donors (Lipinski definition) is 2. The fourth-order valence-electron chi connectivity index (χ4n) is 4.92. The molecule has 2 amide bonds. The van der Waals surface area contributed by atoms with E-state index in [0.717, 1.165) is 5.56 Å². The predicted molar refractivity (Wildman–Crippen MR) is 122 cm³/mol. The summed E-state index contributed by atoms with van der Waals surface area (Å²) in [4.78, 5) is 41.0. The Kier molecular flexibility index (Phi) is 6.07. The van der Waals surface area contributed by atoms with Gasteiger partial charge in [0.05, 0.1) is 25.0 Å². The Bertz CT molecular complexity index is 1070. The van der Waals surface area contributed by atoms with Crippen molar-refractivity contribution in [3.63, 3.8) is 0 Å². The highest BCUT2D eigenvalue weighted by atomic mass is 35.5. The Labute approximate surface area is 197 Å². The number of imide groups is 1. The standard InChI is InChI=1S/C25H27ClN2O5/c1-24(2,3)28-21(29)18-19(22(28)30)25(23(31)32,14-33-13-15-7-5-4-6-8-15)27-20(18)16-9-11-17(26)12-10-16/h4-12,18-20,27H,13-14H2,1-3H3,(H,31,32). The number of benzene rings is 2. The normalized spacial score (nSPS) is 27.2. The lowest BCUT2D eigenvalue weighted by Gasteiger charge is -2.35. The molecule has 4 rings (SSSR count). The molecule has 0 spiro atoms. The minimum absolute atomic E-state index is 0.186. The number of carbonyl (C=O) groups is 3. The lowest BCUT2D eigenvalue weighted by atomic mass is 9.79. The van der Waals surface area contributed by atoms with Gasteiger partial charge >= 0.3 is 5.97 Å². The van der Waals surface area contributed by atoms with E-state index < -0.39 is 40.8 Å². The van der Waals surface area contributed by atoms with Crippen LogP contribution in [0.15, 0.2) is 54.6 Å². The molecule has 2 N–H and O–H groups in total. The first-order valence-electron chi connectivity index (χ1n) is 10.8. The summed E-state index contributed by atoms with van der Waals surface area (Å²) in [6.07, 6.45) is 0. The Hall–Kier alpha value is -2.74. The first kappa shape index (κ1) is 23.4. The van der Waals surface area contributed by atoms with Crippen molar-refractivity contribution in [1.82, 2.24) is 10.2 Å². The van der Waals surface area contributed by atoms with Gasteiger partial charge < -0.3 is 9.84 Å². The van der Waals surface area contributed by atoms with E-state index in [1.165, 1.54) is 4.90 Å². The van der Waals surface area contributed by atoms with E-state index in [0.29, 0.717) is 10.6 Å². The molecule has 4 atom stereocenters. The average Bonchev–Trinajstić information content (AvgIpc) is 3.24. The number of carboxylic acids is 1. The van der Waals surface area contributed by atoms with E-state index in [-0.39, 0.29) is 19.1 Å². The van der Waals surface area contributed by atoms with Gasteiger partial charge in [0.25, 0.3) is 0 Å². The van der Waals surface area contributed by atoms with Gasteiger partial charge in [-0.2, -0.15) is 0 Å². The van der Waals surface area contributed by atoms with Crippen molar-refractivity contribution >= 4 is 29.4 Å². The molecular formula is C25H27ClN2O5. The van der Waals surface area contributed by atoms with Crippen LogP contribution in [-0.2, 0) is 25.7 Å². The molecule has 0 saturated carbocycles. The van der Waals surface area contributed by atoms with Gasteiger partial charge in [0.1, 0.15) is 0 Å². The molecule has 4 unspecified atom stereocenters. The third-order valence-corrected chi connectivity index (χ3v) is 6.63. The maximum atomic E-state index is 13.6. The Morgan fingerprint density at radius 1 is 1.09 bits per heavy atom. The molecule has 2 aliphatic heterocycles. The van der Waals surface area contributed by atoms with Crippen LogP contribution in [-0.4, -0.2) is 45.5 Å². The van der Waals surface area contributed by atoms with Crippen LogP contribution in [0.2, 0.25) is 5.02 Å². The summed E-state index contributed by atoms with van der Waals surface area (Å²) in [7, 11) is 0. The average molecular weight is 471 g/mol. The number of halogens is 1. The SMILES string of the molecule is CC(C)(C)N1C(=O)C2C(c3ccc(Cl)cc3)NC(COCc3ccccc3)(C(=O)O)C2C1=O. The number of ether oxygens (including phenoxy) is 1. The van der Waals surface area contributed by atoms with E-state index in [2.05, 4.69) is 5.32 Å².